The van der Waals surface area contributed by atoms with Crippen molar-refractivity contribution < 1.29 is 4.79 Å². The highest BCUT2D eigenvalue weighted by Crippen LogP contribution is 2.09. The fourth-order valence-electron chi connectivity index (χ4n) is 1.94. The minimum Gasteiger partial charge on any atom is -0.338 e. The Labute approximate surface area is 101 Å². The number of carbonyl (C=O) groups is 1. The van der Waals surface area contributed by atoms with Crippen LogP contribution in [-0.4, -0.2) is 53.4 Å². The summed E-state index contributed by atoms with van der Waals surface area (Å²) in [7, 11) is 0. The SMILES string of the molecule is CC(=O)CCN1CCN(c2ncccn2)CC1. The summed E-state index contributed by atoms with van der Waals surface area (Å²) in [6.07, 6.45) is 4.19. The van der Waals surface area contributed by atoms with Gasteiger partial charge in [-0.2, -0.15) is 0 Å². The molecule has 1 aromatic heterocycles. The first-order valence-electron chi connectivity index (χ1n) is 5.99. The largest absolute Gasteiger partial charge is 0.338 e. The Bertz CT molecular complexity index is 360. The topological polar surface area (TPSA) is 49.3 Å². The van der Waals surface area contributed by atoms with Gasteiger partial charge in [0, 0.05) is 51.5 Å². The molecule has 2 heterocycles. The smallest absolute Gasteiger partial charge is 0.225 e. The minimum absolute atomic E-state index is 0.263. The van der Waals surface area contributed by atoms with Gasteiger partial charge in [0.15, 0.2) is 0 Å². The lowest BCUT2D eigenvalue weighted by atomic mass is 10.2. The van der Waals surface area contributed by atoms with Gasteiger partial charge in [-0.05, 0) is 13.0 Å². The Kier molecular flexibility index (Phi) is 4.03. The van der Waals surface area contributed by atoms with E-state index in [1.165, 1.54) is 0 Å². The molecule has 17 heavy (non-hydrogen) atoms. The molecule has 0 atom stereocenters. The Morgan fingerprint density at radius 2 is 1.88 bits per heavy atom. The van der Waals surface area contributed by atoms with Crippen molar-refractivity contribution in [3.8, 4) is 0 Å². The molecule has 0 aromatic carbocycles. The third-order valence-corrected chi connectivity index (χ3v) is 2.99. The summed E-state index contributed by atoms with van der Waals surface area (Å²) >= 11 is 0. The van der Waals surface area contributed by atoms with Gasteiger partial charge in [0.2, 0.25) is 5.95 Å². The molecule has 0 N–H and O–H groups in total. The summed E-state index contributed by atoms with van der Waals surface area (Å²) < 4.78 is 0. The van der Waals surface area contributed by atoms with E-state index in [2.05, 4.69) is 19.8 Å². The fraction of sp³-hybridized carbons (Fsp3) is 0.583. The van der Waals surface area contributed by atoms with Crippen molar-refractivity contribution in [2.75, 3.05) is 37.6 Å². The number of piperazine rings is 1. The van der Waals surface area contributed by atoms with Gasteiger partial charge in [0.05, 0.1) is 0 Å². The zero-order valence-electron chi connectivity index (χ0n) is 10.2. The van der Waals surface area contributed by atoms with E-state index in [1.54, 1.807) is 19.3 Å². The number of Topliss-reactive ketones (excluding diaryl/α,β-unsaturated/α-hetero) is 1. The van der Waals surface area contributed by atoms with Crippen molar-refractivity contribution in [3.05, 3.63) is 18.5 Å². The Morgan fingerprint density at radius 3 is 2.47 bits per heavy atom. The number of rotatable bonds is 4. The summed E-state index contributed by atoms with van der Waals surface area (Å²) in [4.78, 5) is 23.9. The number of hydrogen-bond acceptors (Lipinski definition) is 5. The van der Waals surface area contributed by atoms with E-state index in [0.717, 1.165) is 38.7 Å². The maximum absolute atomic E-state index is 10.9. The van der Waals surface area contributed by atoms with Crippen LogP contribution in [0.25, 0.3) is 0 Å². The molecule has 0 saturated carbocycles. The highest BCUT2D eigenvalue weighted by atomic mass is 16.1. The number of nitrogens with zero attached hydrogens (tertiary/aromatic N) is 4. The van der Waals surface area contributed by atoms with Crippen LogP contribution in [0.5, 0.6) is 0 Å². The lowest BCUT2D eigenvalue weighted by molar-refractivity contribution is -0.117. The van der Waals surface area contributed by atoms with Crippen LogP contribution in [-0.2, 0) is 4.79 Å². The molecule has 0 unspecified atom stereocenters. The predicted molar refractivity (Wildman–Crippen MR) is 66.0 cm³/mol. The average molecular weight is 234 g/mol. The summed E-state index contributed by atoms with van der Waals surface area (Å²) in [5.41, 5.74) is 0. The third kappa shape index (κ3) is 3.49. The molecule has 92 valence electrons. The van der Waals surface area contributed by atoms with Crippen LogP contribution in [0.3, 0.4) is 0 Å². The summed E-state index contributed by atoms with van der Waals surface area (Å²) in [5.74, 6) is 1.07. The molecular weight excluding hydrogens is 216 g/mol. The zero-order chi connectivity index (χ0) is 12.1. The van der Waals surface area contributed by atoms with Crippen molar-refractivity contribution in [2.45, 2.75) is 13.3 Å². The van der Waals surface area contributed by atoms with Gasteiger partial charge in [-0.15, -0.1) is 0 Å². The first-order chi connectivity index (χ1) is 8.25. The molecule has 0 aliphatic carbocycles. The molecule has 1 aliphatic rings. The second kappa shape index (κ2) is 5.72. The lowest BCUT2D eigenvalue weighted by Crippen LogP contribution is -2.47. The number of aromatic nitrogens is 2. The quantitative estimate of drug-likeness (QED) is 0.762. The molecule has 5 heteroatoms. The summed E-state index contributed by atoms with van der Waals surface area (Å²) in [6, 6.07) is 1.83. The molecule has 0 radical (unpaired) electrons. The van der Waals surface area contributed by atoms with E-state index in [4.69, 9.17) is 0 Å². The lowest BCUT2D eigenvalue weighted by Gasteiger charge is -2.34. The predicted octanol–water partition coefficient (Wildman–Crippen LogP) is 0.578. The minimum atomic E-state index is 0.263. The van der Waals surface area contributed by atoms with Crippen LogP contribution in [0.1, 0.15) is 13.3 Å². The second-order valence-electron chi connectivity index (χ2n) is 4.33. The highest BCUT2D eigenvalue weighted by Gasteiger charge is 2.18. The van der Waals surface area contributed by atoms with Crippen LogP contribution in [0.2, 0.25) is 0 Å². The van der Waals surface area contributed by atoms with Crippen molar-refractivity contribution in [1.29, 1.82) is 0 Å². The summed E-state index contributed by atoms with van der Waals surface area (Å²) in [6.45, 7) is 6.34. The van der Waals surface area contributed by atoms with Crippen molar-refractivity contribution in [1.82, 2.24) is 14.9 Å². The van der Waals surface area contributed by atoms with Gasteiger partial charge in [0.25, 0.3) is 0 Å². The first-order valence-corrected chi connectivity index (χ1v) is 5.99. The van der Waals surface area contributed by atoms with E-state index >= 15 is 0 Å². The Morgan fingerprint density at radius 1 is 1.24 bits per heavy atom. The van der Waals surface area contributed by atoms with Crippen molar-refractivity contribution in [2.24, 2.45) is 0 Å². The summed E-state index contributed by atoms with van der Waals surface area (Å²) in [5, 5.41) is 0. The van der Waals surface area contributed by atoms with Crippen molar-refractivity contribution in [3.63, 3.8) is 0 Å². The Hall–Kier alpha value is -1.49. The fourth-order valence-corrected chi connectivity index (χ4v) is 1.94. The maximum atomic E-state index is 10.9. The van der Waals surface area contributed by atoms with E-state index < -0.39 is 0 Å². The molecule has 2 rings (SSSR count). The standard InChI is InChI=1S/C12H18N4O/c1-11(17)3-6-15-7-9-16(10-8-15)12-13-4-2-5-14-12/h2,4-5H,3,6-10H2,1H3. The van der Waals surface area contributed by atoms with E-state index in [-0.39, 0.29) is 5.78 Å². The van der Waals surface area contributed by atoms with Gasteiger partial charge in [-0.25, -0.2) is 9.97 Å². The van der Waals surface area contributed by atoms with Gasteiger partial charge < -0.3 is 4.90 Å². The number of ketones is 1. The third-order valence-electron chi connectivity index (χ3n) is 2.99. The number of anilines is 1. The monoisotopic (exact) mass is 234 g/mol. The molecule has 1 aliphatic heterocycles. The van der Waals surface area contributed by atoms with Gasteiger partial charge in [-0.1, -0.05) is 0 Å². The normalized spacial score (nSPS) is 17.1. The molecule has 0 bridgehead atoms. The number of carbonyl (C=O) groups excluding carboxylic acids is 1. The second-order valence-corrected chi connectivity index (χ2v) is 4.33. The highest BCUT2D eigenvalue weighted by molar-refractivity contribution is 5.75. The van der Waals surface area contributed by atoms with Crippen LogP contribution < -0.4 is 4.90 Å². The molecule has 1 aromatic rings. The van der Waals surface area contributed by atoms with Crippen LogP contribution in [0.15, 0.2) is 18.5 Å². The van der Waals surface area contributed by atoms with Gasteiger partial charge >= 0.3 is 0 Å². The first kappa shape index (κ1) is 12.0. The number of hydrogen-bond donors (Lipinski definition) is 0. The molecule has 5 nitrogen and oxygen atoms in total. The molecule has 0 spiro atoms. The van der Waals surface area contributed by atoms with E-state index in [0.29, 0.717) is 6.42 Å². The van der Waals surface area contributed by atoms with E-state index in [9.17, 15) is 4.79 Å². The average Bonchev–Trinajstić information content (AvgIpc) is 2.38. The van der Waals surface area contributed by atoms with Gasteiger partial charge in [-0.3, -0.25) is 9.69 Å². The molecule has 1 saturated heterocycles. The maximum Gasteiger partial charge on any atom is 0.225 e. The van der Waals surface area contributed by atoms with E-state index in [1.807, 2.05) is 6.07 Å². The Balaban J connectivity index is 1.80. The molecule has 0 amide bonds. The van der Waals surface area contributed by atoms with Gasteiger partial charge in [0.1, 0.15) is 5.78 Å². The van der Waals surface area contributed by atoms with Crippen molar-refractivity contribution >= 4 is 11.7 Å². The zero-order valence-corrected chi connectivity index (χ0v) is 10.2. The van der Waals surface area contributed by atoms with Crippen LogP contribution >= 0.6 is 0 Å². The van der Waals surface area contributed by atoms with Crippen LogP contribution in [0.4, 0.5) is 5.95 Å². The molecule has 1 fully saturated rings. The molecular formula is C12H18N4O. The van der Waals surface area contributed by atoms with Crippen LogP contribution in [0, 0.1) is 0 Å².